The average Bonchev–Trinajstić information content (AvgIpc) is 2.92. The SMILES string of the molecule is CC(C)c1cccc(C(C)C)c1NC(=O)N(Cc1ccc(C(C)(C)C)cc1)[C@H]1CC[C@H](c2ccccc2)CC1. The van der Waals surface area contributed by atoms with Crippen molar-refractivity contribution in [3.05, 3.63) is 101 Å². The Bertz CT molecular complexity index is 1190. The second kappa shape index (κ2) is 12.4. The maximum absolute atomic E-state index is 14.2. The van der Waals surface area contributed by atoms with E-state index in [1.807, 2.05) is 0 Å². The molecule has 1 N–H and O–H groups in total. The first kappa shape index (κ1) is 28.9. The summed E-state index contributed by atoms with van der Waals surface area (Å²) in [6.07, 6.45) is 4.27. The van der Waals surface area contributed by atoms with Crippen LogP contribution in [-0.4, -0.2) is 17.0 Å². The molecule has 3 aromatic carbocycles. The lowest BCUT2D eigenvalue weighted by Gasteiger charge is -2.37. The first-order valence-electron chi connectivity index (χ1n) is 14.9. The number of amides is 2. The van der Waals surface area contributed by atoms with Gasteiger partial charge in [-0.3, -0.25) is 0 Å². The fourth-order valence-electron chi connectivity index (χ4n) is 5.99. The molecule has 3 heteroatoms. The van der Waals surface area contributed by atoms with Crippen molar-refractivity contribution in [1.82, 2.24) is 4.90 Å². The molecule has 0 aromatic heterocycles. The average molecular weight is 525 g/mol. The molecule has 39 heavy (non-hydrogen) atoms. The molecular formula is C36H48N2O. The maximum atomic E-state index is 14.2. The van der Waals surface area contributed by atoms with Crippen molar-refractivity contribution in [3.63, 3.8) is 0 Å². The summed E-state index contributed by atoms with van der Waals surface area (Å²) in [6.45, 7) is 16.2. The van der Waals surface area contributed by atoms with Gasteiger partial charge in [0, 0.05) is 18.3 Å². The highest BCUT2D eigenvalue weighted by Crippen LogP contribution is 2.37. The summed E-state index contributed by atoms with van der Waals surface area (Å²) in [6, 6.07) is 26.4. The number of carbonyl (C=O) groups excluding carboxylic acids is 1. The van der Waals surface area contributed by atoms with Gasteiger partial charge >= 0.3 is 6.03 Å². The van der Waals surface area contributed by atoms with Crippen LogP contribution in [0.2, 0.25) is 0 Å². The number of para-hydroxylation sites is 1. The van der Waals surface area contributed by atoms with Crippen molar-refractivity contribution in [3.8, 4) is 0 Å². The molecule has 1 fully saturated rings. The van der Waals surface area contributed by atoms with E-state index in [1.54, 1.807) is 0 Å². The number of anilines is 1. The summed E-state index contributed by atoms with van der Waals surface area (Å²) in [5.41, 5.74) is 7.45. The third-order valence-electron chi connectivity index (χ3n) is 8.45. The molecule has 1 aliphatic rings. The molecule has 0 radical (unpaired) electrons. The summed E-state index contributed by atoms with van der Waals surface area (Å²) in [5.74, 6) is 1.24. The van der Waals surface area contributed by atoms with Crippen molar-refractivity contribution < 1.29 is 4.79 Å². The molecule has 1 aliphatic carbocycles. The van der Waals surface area contributed by atoms with Crippen LogP contribution in [-0.2, 0) is 12.0 Å². The Labute approximate surface area is 237 Å². The molecule has 2 amide bonds. The molecule has 0 bridgehead atoms. The van der Waals surface area contributed by atoms with E-state index >= 15 is 0 Å². The predicted octanol–water partition coefficient (Wildman–Crippen LogP) is 9.99. The van der Waals surface area contributed by atoms with Crippen LogP contribution in [0.1, 0.15) is 120 Å². The Kier molecular flexibility index (Phi) is 9.20. The van der Waals surface area contributed by atoms with Crippen molar-refractivity contribution in [1.29, 1.82) is 0 Å². The summed E-state index contributed by atoms with van der Waals surface area (Å²) in [7, 11) is 0. The van der Waals surface area contributed by atoms with Gasteiger partial charge in [-0.1, -0.05) is 121 Å². The number of hydrogen-bond acceptors (Lipinski definition) is 1. The molecule has 0 atom stereocenters. The smallest absolute Gasteiger partial charge is 0.317 e. The molecule has 208 valence electrons. The van der Waals surface area contributed by atoms with Gasteiger partial charge in [-0.2, -0.15) is 0 Å². The largest absolute Gasteiger partial charge is 0.322 e. The van der Waals surface area contributed by atoms with Crippen LogP contribution in [0.5, 0.6) is 0 Å². The topological polar surface area (TPSA) is 32.3 Å². The molecule has 4 rings (SSSR count). The number of nitrogens with zero attached hydrogens (tertiary/aromatic N) is 1. The second-order valence-corrected chi connectivity index (χ2v) is 13.0. The molecule has 0 saturated heterocycles. The van der Waals surface area contributed by atoms with Crippen LogP contribution in [0, 0.1) is 0 Å². The van der Waals surface area contributed by atoms with Crippen LogP contribution >= 0.6 is 0 Å². The molecule has 3 nitrogen and oxygen atoms in total. The predicted molar refractivity (Wildman–Crippen MR) is 166 cm³/mol. The Hall–Kier alpha value is -3.07. The molecule has 0 aliphatic heterocycles. The molecule has 3 aromatic rings. The monoisotopic (exact) mass is 524 g/mol. The number of nitrogens with one attached hydrogen (secondary N) is 1. The third-order valence-corrected chi connectivity index (χ3v) is 8.45. The van der Waals surface area contributed by atoms with Gasteiger partial charge in [0.1, 0.15) is 0 Å². The van der Waals surface area contributed by atoms with E-state index in [2.05, 4.69) is 131 Å². The Morgan fingerprint density at radius 1 is 0.795 bits per heavy atom. The Balaban J connectivity index is 1.60. The van der Waals surface area contributed by atoms with Crippen LogP contribution in [0.4, 0.5) is 10.5 Å². The van der Waals surface area contributed by atoms with E-state index < -0.39 is 0 Å². The van der Waals surface area contributed by atoms with Gasteiger partial charge in [0.05, 0.1) is 0 Å². The molecule has 0 spiro atoms. The van der Waals surface area contributed by atoms with Crippen molar-refractivity contribution in [2.24, 2.45) is 0 Å². The Morgan fingerprint density at radius 2 is 1.36 bits per heavy atom. The van der Waals surface area contributed by atoms with Crippen molar-refractivity contribution in [2.45, 2.75) is 110 Å². The van der Waals surface area contributed by atoms with E-state index in [-0.39, 0.29) is 17.5 Å². The minimum atomic E-state index is 0.0214. The normalized spacial score (nSPS) is 17.9. The summed E-state index contributed by atoms with van der Waals surface area (Å²) >= 11 is 0. The summed E-state index contributed by atoms with van der Waals surface area (Å²) in [4.78, 5) is 16.3. The molecule has 0 heterocycles. The fraction of sp³-hybridized carbons (Fsp3) is 0.472. The van der Waals surface area contributed by atoms with Crippen molar-refractivity contribution >= 4 is 11.7 Å². The third kappa shape index (κ3) is 7.12. The molecule has 0 unspecified atom stereocenters. The quantitative estimate of drug-likeness (QED) is 0.328. The number of urea groups is 1. The second-order valence-electron chi connectivity index (χ2n) is 13.0. The van der Waals surface area contributed by atoms with E-state index in [4.69, 9.17) is 0 Å². The van der Waals surface area contributed by atoms with Gasteiger partial charge in [-0.15, -0.1) is 0 Å². The number of rotatable bonds is 7. The molecular weight excluding hydrogens is 476 g/mol. The highest BCUT2D eigenvalue weighted by Gasteiger charge is 2.31. The lowest BCUT2D eigenvalue weighted by Crippen LogP contribution is -2.44. The number of hydrogen-bond donors (Lipinski definition) is 1. The minimum Gasteiger partial charge on any atom is -0.317 e. The van der Waals surface area contributed by atoms with Crippen molar-refractivity contribution in [2.75, 3.05) is 5.32 Å². The highest BCUT2D eigenvalue weighted by molar-refractivity contribution is 5.91. The van der Waals surface area contributed by atoms with E-state index in [0.29, 0.717) is 24.3 Å². The fourth-order valence-corrected chi connectivity index (χ4v) is 5.99. The minimum absolute atomic E-state index is 0.0214. The zero-order valence-electron chi connectivity index (χ0n) is 25.1. The van der Waals surface area contributed by atoms with Crippen LogP contribution < -0.4 is 5.32 Å². The van der Waals surface area contributed by atoms with Crippen LogP contribution in [0.25, 0.3) is 0 Å². The Morgan fingerprint density at radius 3 is 1.87 bits per heavy atom. The first-order valence-corrected chi connectivity index (χ1v) is 14.9. The zero-order chi connectivity index (χ0) is 28.2. The summed E-state index contributed by atoms with van der Waals surface area (Å²) < 4.78 is 0. The van der Waals surface area contributed by atoms with Gasteiger partial charge in [0.15, 0.2) is 0 Å². The van der Waals surface area contributed by atoms with Gasteiger partial charge in [0.25, 0.3) is 0 Å². The number of carbonyl (C=O) groups is 1. The molecule has 1 saturated carbocycles. The lowest BCUT2D eigenvalue weighted by molar-refractivity contribution is 0.158. The van der Waals surface area contributed by atoms with Crippen LogP contribution in [0.3, 0.4) is 0 Å². The summed E-state index contributed by atoms with van der Waals surface area (Å²) in [5, 5.41) is 3.42. The first-order chi connectivity index (χ1) is 18.5. The van der Waals surface area contributed by atoms with Gasteiger partial charge in [-0.05, 0) is 76.7 Å². The number of benzene rings is 3. The van der Waals surface area contributed by atoms with E-state index in [0.717, 1.165) is 31.4 Å². The van der Waals surface area contributed by atoms with Gasteiger partial charge in [-0.25, -0.2) is 4.79 Å². The van der Waals surface area contributed by atoms with Crippen LogP contribution in [0.15, 0.2) is 72.8 Å². The van der Waals surface area contributed by atoms with E-state index in [9.17, 15) is 4.79 Å². The van der Waals surface area contributed by atoms with Gasteiger partial charge in [0.2, 0.25) is 0 Å². The zero-order valence-corrected chi connectivity index (χ0v) is 25.1. The van der Waals surface area contributed by atoms with Gasteiger partial charge < -0.3 is 10.2 Å². The standard InChI is InChI=1S/C36H48N2O/c1-25(2)32-14-11-15-33(26(3)4)34(32)37-35(39)38(24-27-16-20-30(21-17-27)36(5,6)7)31-22-18-29(19-23-31)28-12-9-8-10-13-28/h8-17,20-21,25-26,29,31H,18-19,22-24H2,1-7H3,(H,37,39)/t29-,31-. The lowest BCUT2D eigenvalue weighted by atomic mass is 9.81. The highest BCUT2D eigenvalue weighted by atomic mass is 16.2. The van der Waals surface area contributed by atoms with E-state index in [1.165, 1.54) is 27.8 Å². The maximum Gasteiger partial charge on any atom is 0.322 e.